The molecule has 0 radical (unpaired) electrons. The molecule has 0 aliphatic rings. The van der Waals surface area contributed by atoms with Crippen molar-refractivity contribution in [3.63, 3.8) is 0 Å². The topological polar surface area (TPSA) is 73.8 Å². The molecular weight excluding hydrogens is 320 g/mol. The van der Waals surface area contributed by atoms with E-state index in [4.69, 9.17) is 0 Å². The molecule has 0 aliphatic heterocycles. The van der Waals surface area contributed by atoms with E-state index in [2.05, 4.69) is 26.0 Å². The number of aromatic nitrogens is 3. The lowest BCUT2D eigenvalue weighted by molar-refractivity contribution is -0.385. The first-order valence-corrected chi connectivity index (χ1v) is 6.76. The fourth-order valence-corrected chi connectivity index (χ4v) is 2.99. The number of hydrogen-bond acceptors (Lipinski definition) is 5. The van der Waals surface area contributed by atoms with E-state index in [0.717, 1.165) is 10.7 Å². The van der Waals surface area contributed by atoms with Crippen LogP contribution in [0.25, 0.3) is 0 Å². The van der Waals surface area contributed by atoms with Gasteiger partial charge in [0.25, 0.3) is 5.69 Å². The zero-order valence-corrected chi connectivity index (χ0v) is 11.8. The van der Waals surface area contributed by atoms with Crippen LogP contribution in [0.3, 0.4) is 0 Å². The minimum Gasteiger partial charge on any atom is -0.258 e. The Kier molecular flexibility index (Phi) is 3.97. The monoisotopic (exact) mass is 328 g/mol. The van der Waals surface area contributed by atoms with Crippen molar-refractivity contribution < 1.29 is 4.92 Å². The first-order chi connectivity index (χ1) is 8.59. The van der Waals surface area contributed by atoms with Crippen LogP contribution in [0.15, 0.2) is 34.2 Å². The average molecular weight is 329 g/mol. The first kappa shape index (κ1) is 13.0. The Hall–Kier alpha value is -1.41. The van der Waals surface area contributed by atoms with E-state index in [0.29, 0.717) is 10.2 Å². The highest BCUT2D eigenvalue weighted by atomic mass is 79.9. The summed E-state index contributed by atoms with van der Waals surface area (Å²) in [5.41, 5.74) is 0.934. The summed E-state index contributed by atoms with van der Waals surface area (Å²) in [4.78, 5) is 14.5. The van der Waals surface area contributed by atoms with Gasteiger partial charge in [-0.15, -0.1) is 0 Å². The van der Waals surface area contributed by atoms with Gasteiger partial charge in [0.1, 0.15) is 6.33 Å². The molecule has 0 unspecified atom stereocenters. The van der Waals surface area contributed by atoms with Crippen LogP contribution in [0.4, 0.5) is 5.69 Å². The third-order valence-electron chi connectivity index (χ3n) is 2.28. The highest BCUT2D eigenvalue weighted by Gasteiger charge is 2.15. The number of nitrogens with zero attached hydrogens (tertiary/aromatic N) is 4. The van der Waals surface area contributed by atoms with Crippen molar-refractivity contribution in [3.05, 3.63) is 44.7 Å². The fraction of sp³-hybridized carbons (Fsp3) is 0.200. The van der Waals surface area contributed by atoms with Gasteiger partial charge in [-0.25, -0.2) is 9.67 Å². The highest BCUT2D eigenvalue weighted by Crippen LogP contribution is 2.31. The van der Waals surface area contributed by atoms with E-state index in [1.807, 2.05) is 6.07 Å². The van der Waals surface area contributed by atoms with Gasteiger partial charge in [-0.3, -0.25) is 10.1 Å². The van der Waals surface area contributed by atoms with Gasteiger partial charge in [-0.1, -0.05) is 23.9 Å². The SMILES string of the molecule is Cn1ncnc1SCc1cccc([N+](=O)[O-])c1Br. The Morgan fingerprint density at radius 1 is 1.56 bits per heavy atom. The van der Waals surface area contributed by atoms with Gasteiger partial charge in [0.2, 0.25) is 0 Å². The van der Waals surface area contributed by atoms with E-state index in [1.165, 1.54) is 24.2 Å². The Morgan fingerprint density at radius 2 is 2.33 bits per heavy atom. The van der Waals surface area contributed by atoms with Gasteiger partial charge in [-0.05, 0) is 21.5 Å². The van der Waals surface area contributed by atoms with Gasteiger partial charge >= 0.3 is 0 Å². The van der Waals surface area contributed by atoms with Crippen molar-refractivity contribution in [3.8, 4) is 0 Å². The smallest absolute Gasteiger partial charge is 0.258 e. The van der Waals surface area contributed by atoms with Gasteiger partial charge in [0.05, 0.1) is 9.40 Å². The number of nitro groups is 1. The van der Waals surface area contributed by atoms with Crippen LogP contribution in [-0.4, -0.2) is 19.7 Å². The summed E-state index contributed by atoms with van der Waals surface area (Å²) < 4.78 is 2.18. The summed E-state index contributed by atoms with van der Waals surface area (Å²) in [5.74, 6) is 0.592. The molecule has 8 heteroatoms. The Bertz CT molecular complexity index is 587. The quantitative estimate of drug-likeness (QED) is 0.490. The second-order valence-corrected chi connectivity index (χ2v) is 5.20. The number of rotatable bonds is 4. The molecule has 94 valence electrons. The molecule has 18 heavy (non-hydrogen) atoms. The lowest BCUT2D eigenvalue weighted by atomic mass is 10.2. The van der Waals surface area contributed by atoms with Gasteiger partial charge < -0.3 is 0 Å². The average Bonchev–Trinajstić information content (AvgIpc) is 2.73. The Morgan fingerprint density at radius 3 is 2.94 bits per heavy atom. The standard InChI is InChI=1S/C10H9BrN4O2S/c1-14-10(12-6-13-14)18-5-7-3-2-4-8(9(7)11)15(16)17/h2-4,6H,5H2,1H3. The number of hydrogen-bond donors (Lipinski definition) is 0. The molecule has 0 fully saturated rings. The maximum atomic E-state index is 10.8. The molecule has 1 aromatic carbocycles. The summed E-state index contributed by atoms with van der Waals surface area (Å²) in [7, 11) is 1.80. The van der Waals surface area contributed by atoms with Gasteiger partial charge in [0, 0.05) is 18.9 Å². The minimum atomic E-state index is -0.402. The molecule has 1 heterocycles. The molecule has 0 saturated carbocycles. The lowest BCUT2D eigenvalue weighted by Gasteiger charge is -2.04. The zero-order valence-electron chi connectivity index (χ0n) is 9.41. The third-order valence-corrected chi connectivity index (χ3v) is 4.28. The second-order valence-electron chi connectivity index (χ2n) is 3.46. The zero-order chi connectivity index (χ0) is 13.1. The van der Waals surface area contributed by atoms with Crippen molar-refractivity contribution in [2.75, 3.05) is 0 Å². The normalized spacial score (nSPS) is 10.6. The number of nitro benzene ring substituents is 1. The maximum Gasteiger partial charge on any atom is 0.283 e. The third kappa shape index (κ3) is 2.70. The Labute approximate surface area is 116 Å². The molecule has 0 aliphatic carbocycles. The van der Waals surface area contributed by atoms with E-state index < -0.39 is 4.92 Å². The molecule has 0 saturated heterocycles. The molecule has 0 bridgehead atoms. The van der Waals surface area contributed by atoms with E-state index in [9.17, 15) is 10.1 Å². The van der Waals surface area contributed by atoms with Crippen LogP contribution in [0.2, 0.25) is 0 Å². The van der Waals surface area contributed by atoms with Crippen molar-refractivity contribution in [2.24, 2.45) is 7.05 Å². The van der Waals surface area contributed by atoms with Crippen molar-refractivity contribution in [2.45, 2.75) is 10.9 Å². The lowest BCUT2D eigenvalue weighted by Crippen LogP contribution is -1.95. The van der Waals surface area contributed by atoms with Crippen LogP contribution >= 0.6 is 27.7 Å². The van der Waals surface area contributed by atoms with Crippen LogP contribution in [0.5, 0.6) is 0 Å². The largest absolute Gasteiger partial charge is 0.283 e. The number of benzene rings is 1. The van der Waals surface area contributed by atoms with Crippen molar-refractivity contribution in [1.29, 1.82) is 0 Å². The number of halogens is 1. The predicted octanol–water partition coefficient (Wildman–Crippen LogP) is 2.78. The molecule has 6 nitrogen and oxygen atoms in total. The molecule has 0 spiro atoms. The molecule has 0 atom stereocenters. The minimum absolute atomic E-state index is 0.0751. The van der Waals surface area contributed by atoms with Crippen LogP contribution in [0.1, 0.15) is 5.56 Å². The molecule has 1 aromatic heterocycles. The Balaban J connectivity index is 2.17. The van der Waals surface area contributed by atoms with E-state index in [-0.39, 0.29) is 5.69 Å². The van der Waals surface area contributed by atoms with Gasteiger partial charge in [0.15, 0.2) is 5.16 Å². The maximum absolute atomic E-state index is 10.8. The van der Waals surface area contributed by atoms with Gasteiger partial charge in [-0.2, -0.15) is 5.10 Å². The van der Waals surface area contributed by atoms with Crippen molar-refractivity contribution >= 4 is 33.4 Å². The van der Waals surface area contributed by atoms with Crippen LogP contribution < -0.4 is 0 Å². The summed E-state index contributed by atoms with van der Waals surface area (Å²) in [5, 5.41) is 15.5. The fourth-order valence-electron chi connectivity index (χ4n) is 1.38. The van der Waals surface area contributed by atoms with E-state index in [1.54, 1.807) is 17.8 Å². The van der Waals surface area contributed by atoms with E-state index >= 15 is 0 Å². The second kappa shape index (κ2) is 5.49. The van der Waals surface area contributed by atoms with Crippen LogP contribution in [0, 0.1) is 10.1 Å². The summed E-state index contributed by atoms with van der Waals surface area (Å²) in [6.45, 7) is 0. The predicted molar refractivity (Wildman–Crippen MR) is 71.4 cm³/mol. The molecule has 0 N–H and O–H groups in total. The summed E-state index contributed by atoms with van der Waals surface area (Å²) in [6, 6.07) is 5.00. The molecular formula is C10H9BrN4O2S. The van der Waals surface area contributed by atoms with Crippen molar-refractivity contribution in [1.82, 2.24) is 14.8 Å². The molecule has 2 rings (SSSR count). The van der Waals surface area contributed by atoms with Crippen LogP contribution in [-0.2, 0) is 12.8 Å². The number of aryl methyl sites for hydroxylation is 1. The first-order valence-electron chi connectivity index (χ1n) is 4.98. The molecule has 2 aromatic rings. The number of thioether (sulfide) groups is 1. The summed E-state index contributed by atoms with van der Waals surface area (Å²) >= 11 is 4.74. The molecule has 0 amide bonds. The summed E-state index contributed by atoms with van der Waals surface area (Å²) in [6.07, 6.45) is 1.48. The highest BCUT2D eigenvalue weighted by molar-refractivity contribution is 9.10.